The van der Waals surface area contributed by atoms with Crippen LogP contribution in [0, 0.1) is 0 Å². The van der Waals surface area contributed by atoms with Crippen molar-refractivity contribution in [2.24, 2.45) is 0 Å². The van der Waals surface area contributed by atoms with E-state index in [0.29, 0.717) is 10.9 Å². The molecule has 0 bridgehead atoms. The largest absolute Gasteiger partial charge is 0.458 e. The Morgan fingerprint density at radius 3 is 2.46 bits per heavy atom. The van der Waals surface area contributed by atoms with E-state index in [1.807, 2.05) is 32.9 Å². The summed E-state index contributed by atoms with van der Waals surface area (Å²) in [4.78, 5) is 16.5. The fourth-order valence-electron chi connectivity index (χ4n) is 1.85. The van der Waals surface area contributed by atoms with Crippen LogP contribution in [0.15, 0.2) is 54.7 Å². The van der Waals surface area contributed by atoms with E-state index < -0.39 is 17.7 Å². The molecule has 0 unspecified atom stereocenters. The van der Waals surface area contributed by atoms with Crippen molar-refractivity contribution in [2.75, 3.05) is 0 Å². The van der Waals surface area contributed by atoms with Gasteiger partial charge >= 0.3 is 5.97 Å². The van der Waals surface area contributed by atoms with Crippen LogP contribution in [0.2, 0.25) is 5.02 Å². The van der Waals surface area contributed by atoms with Crippen molar-refractivity contribution in [1.29, 1.82) is 0 Å². The second kappa shape index (κ2) is 7.97. The van der Waals surface area contributed by atoms with Gasteiger partial charge in [0.1, 0.15) is 5.60 Å². The number of esters is 1. The van der Waals surface area contributed by atoms with Gasteiger partial charge in [-0.3, -0.25) is 0 Å². The maximum absolute atomic E-state index is 12.4. The Hall–Kier alpha value is -2.33. The number of nitrogens with zero attached hydrogens (tertiary/aromatic N) is 1. The second-order valence-corrected chi connectivity index (χ2v) is 6.59. The highest BCUT2D eigenvalue weighted by molar-refractivity contribution is 6.30. The van der Waals surface area contributed by atoms with E-state index in [4.69, 9.17) is 21.1 Å². The molecule has 126 valence electrons. The van der Waals surface area contributed by atoms with Gasteiger partial charge in [0.15, 0.2) is 0 Å². The topological polar surface area (TPSA) is 48.4 Å². The molecule has 0 radical (unpaired) electrons. The summed E-state index contributed by atoms with van der Waals surface area (Å²) in [6, 6.07) is 12.5. The quantitative estimate of drug-likeness (QED) is 0.746. The molecule has 24 heavy (non-hydrogen) atoms. The van der Waals surface area contributed by atoms with Crippen LogP contribution < -0.4 is 4.74 Å². The first-order valence-corrected chi connectivity index (χ1v) is 7.96. The smallest absolute Gasteiger partial charge is 0.352 e. The Bertz CT molecular complexity index is 691. The van der Waals surface area contributed by atoms with Crippen LogP contribution in [-0.4, -0.2) is 22.7 Å². The van der Waals surface area contributed by atoms with Gasteiger partial charge in [0.05, 0.1) is 0 Å². The first-order chi connectivity index (χ1) is 11.3. The lowest BCUT2D eigenvalue weighted by molar-refractivity contribution is -0.161. The highest BCUT2D eigenvalue weighted by Gasteiger charge is 2.25. The Kier molecular flexibility index (Phi) is 5.99. The van der Waals surface area contributed by atoms with Gasteiger partial charge in [-0.1, -0.05) is 35.9 Å². The Morgan fingerprint density at radius 1 is 1.17 bits per heavy atom. The second-order valence-electron chi connectivity index (χ2n) is 6.15. The van der Waals surface area contributed by atoms with Gasteiger partial charge in [-0.15, -0.1) is 0 Å². The molecule has 0 spiro atoms. The van der Waals surface area contributed by atoms with E-state index in [1.165, 1.54) is 0 Å². The summed E-state index contributed by atoms with van der Waals surface area (Å²) in [6.45, 7) is 5.43. The van der Waals surface area contributed by atoms with Gasteiger partial charge in [0.2, 0.25) is 12.0 Å². The molecule has 0 aliphatic rings. The third kappa shape index (κ3) is 6.05. The first-order valence-electron chi connectivity index (χ1n) is 7.58. The average molecular weight is 346 g/mol. The molecule has 0 amide bonds. The van der Waals surface area contributed by atoms with Crippen LogP contribution >= 0.6 is 11.6 Å². The zero-order chi connectivity index (χ0) is 17.6. The molecule has 0 aliphatic heterocycles. The molecule has 0 aliphatic carbocycles. The summed E-state index contributed by atoms with van der Waals surface area (Å²) in [6.07, 6.45) is 4.14. The molecule has 0 fully saturated rings. The summed E-state index contributed by atoms with van der Waals surface area (Å²) >= 11 is 5.87. The molecular formula is C19H20ClNO3. The molecule has 0 saturated carbocycles. The lowest BCUT2D eigenvalue weighted by Gasteiger charge is -2.22. The van der Waals surface area contributed by atoms with E-state index >= 15 is 0 Å². The van der Waals surface area contributed by atoms with Crippen LogP contribution in [-0.2, 0) is 9.53 Å². The van der Waals surface area contributed by atoms with Gasteiger partial charge < -0.3 is 9.47 Å². The van der Waals surface area contributed by atoms with E-state index in [1.54, 1.807) is 48.7 Å². The Labute approximate surface area is 147 Å². The van der Waals surface area contributed by atoms with Gasteiger partial charge in [-0.25, -0.2) is 9.78 Å². The number of pyridine rings is 1. The molecule has 1 aromatic heterocycles. The number of hydrogen-bond acceptors (Lipinski definition) is 4. The standard InChI is InChI=1S/C19H20ClNO3/c1-19(2,3)24-18(22)16(23-17-6-4-5-13-21-17)12-9-14-7-10-15(20)11-8-14/h4-13,16H,1-3H3/b12-9+/t16-/m1/s1. The molecule has 4 nitrogen and oxygen atoms in total. The first kappa shape index (κ1) is 18.0. The van der Waals surface area contributed by atoms with Crippen LogP contribution in [0.4, 0.5) is 0 Å². The average Bonchev–Trinajstić information content (AvgIpc) is 2.52. The number of carbonyl (C=O) groups is 1. The molecular weight excluding hydrogens is 326 g/mol. The maximum atomic E-state index is 12.4. The summed E-state index contributed by atoms with van der Waals surface area (Å²) in [5.41, 5.74) is 0.300. The highest BCUT2D eigenvalue weighted by atomic mass is 35.5. The number of aromatic nitrogens is 1. The van der Waals surface area contributed by atoms with Crippen molar-refractivity contribution in [3.8, 4) is 5.88 Å². The van der Waals surface area contributed by atoms with Crippen molar-refractivity contribution >= 4 is 23.6 Å². The third-order valence-corrected chi connectivity index (χ3v) is 3.11. The molecule has 0 saturated heterocycles. The van der Waals surface area contributed by atoms with E-state index in [0.717, 1.165) is 5.56 Å². The minimum atomic E-state index is -0.894. The Balaban J connectivity index is 2.18. The summed E-state index contributed by atoms with van der Waals surface area (Å²) < 4.78 is 11.1. The fraction of sp³-hybridized carbons (Fsp3) is 0.263. The molecule has 1 atom stereocenters. The van der Waals surface area contributed by atoms with Crippen molar-refractivity contribution in [1.82, 2.24) is 4.98 Å². The van der Waals surface area contributed by atoms with Crippen molar-refractivity contribution in [2.45, 2.75) is 32.5 Å². The van der Waals surface area contributed by atoms with Crippen LogP contribution in [0.25, 0.3) is 6.08 Å². The lowest BCUT2D eigenvalue weighted by Crippen LogP contribution is -2.34. The number of halogens is 1. The summed E-state index contributed by atoms with van der Waals surface area (Å²) in [5, 5.41) is 0.653. The van der Waals surface area contributed by atoms with Crippen molar-refractivity contribution in [3.05, 3.63) is 65.3 Å². The SMILES string of the molecule is CC(C)(C)OC(=O)[C@@H](/C=C/c1ccc(Cl)cc1)Oc1ccccn1. The molecule has 1 aromatic carbocycles. The highest BCUT2D eigenvalue weighted by Crippen LogP contribution is 2.16. The summed E-state index contributed by atoms with van der Waals surface area (Å²) in [7, 11) is 0. The van der Waals surface area contributed by atoms with E-state index in [9.17, 15) is 4.79 Å². The number of carbonyl (C=O) groups excluding carboxylic acids is 1. The van der Waals surface area contributed by atoms with Gasteiger partial charge in [0, 0.05) is 17.3 Å². The third-order valence-electron chi connectivity index (χ3n) is 2.86. The van der Waals surface area contributed by atoms with Crippen LogP contribution in [0.3, 0.4) is 0 Å². The molecule has 2 aromatic rings. The number of ether oxygens (including phenoxy) is 2. The minimum absolute atomic E-state index is 0.356. The minimum Gasteiger partial charge on any atom is -0.458 e. The molecule has 2 rings (SSSR count). The zero-order valence-electron chi connectivity index (χ0n) is 13.9. The van der Waals surface area contributed by atoms with E-state index in [-0.39, 0.29) is 0 Å². The van der Waals surface area contributed by atoms with Gasteiger partial charge in [0.25, 0.3) is 0 Å². The maximum Gasteiger partial charge on any atom is 0.352 e. The monoisotopic (exact) mass is 345 g/mol. The fourth-order valence-corrected chi connectivity index (χ4v) is 1.97. The number of hydrogen-bond donors (Lipinski definition) is 0. The van der Waals surface area contributed by atoms with Crippen LogP contribution in [0.5, 0.6) is 5.88 Å². The predicted octanol–water partition coefficient (Wildman–Crippen LogP) is 4.54. The molecule has 5 heteroatoms. The molecule has 0 N–H and O–H groups in total. The normalized spacial score (nSPS) is 12.8. The van der Waals surface area contributed by atoms with Gasteiger partial charge in [-0.05, 0) is 50.6 Å². The van der Waals surface area contributed by atoms with Crippen LogP contribution in [0.1, 0.15) is 26.3 Å². The lowest BCUT2D eigenvalue weighted by atomic mass is 10.1. The number of benzene rings is 1. The number of rotatable bonds is 5. The Morgan fingerprint density at radius 2 is 1.88 bits per heavy atom. The van der Waals surface area contributed by atoms with Crippen molar-refractivity contribution in [3.63, 3.8) is 0 Å². The summed E-state index contributed by atoms with van der Waals surface area (Å²) in [5.74, 6) is -0.118. The van der Waals surface area contributed by atoms with Crippen molar-refractivity contribution < 1.29 is 14.3 Å². The van der Waals surface area contributed by atoms with Gasteiger partial charge in [-0.2, -0.15) is 0 Å². The zero-order valence-corrected chi connectivity index (χ0v) is 14.7. The predicted molar refractivity (Wildman–Crippen MR) is 95.0 cm³/mol. The molecule has 1 heterocycles. The van der Waals surface area contributed by atoms with E-state index in [2.05, 4.69) is 4.98 Å².